The Morgan fingerprint density at radius 2 is 1.79 bits per heavy atom. The molecule has 4 aliphatic rings. The zero-order valence-corrected chi connectivity index (χ0v) is 24.5. The van der Waals surface area contributed by atoms with E-state index in [4.69, 9.17) is 10.5 Å². The quantitative estimate of drug-likeness (QED) is 0.302. The van der Waals surface area contributed by atoms with Crippen molar-refractivity contribution in [2.24, 2.45) is 35.3 Å². The highest BCUT2D eigenvalue weighted by Crippen LogP contribution is 2.52. The number of aliphatic hydroxyl groups is 1. The first-order valence-electron chi connectivity index (χ1n) is 14.5. The van der Waals surface area contributed by atoms with Crippen molar-refractivity contribution < 1.29 is 38.9 Å². The zero-order valence-electron chi connectivity index (χ0n) is 24.5. The number of phenolic OH excluding ortho intramolecular Hbond substituents is 1. The summed E-state index contributed by atoms with van der Waals surface area (Å²) in [4.78, 5) is 70.4. The molecular formula is C30H40N4O8. The summed E-state index contributed by atoms with van der Waals surface area (Å²) in [6.45, 7) is 2.44. The maximum absolute atomic E-state index is 14.1. The topological polar surface area (TPSA) is 180 Å². The Morgan fingerprint density at radius 1 is 1.12 bits per heavy atom. The summed E-state index contributed by atoms with van der Waals surface area (Å²) < 4.78 is 5.42. The number of hydrogen-bond acceptors (Lipinski definition) is 11. The summed E-state index contributed by atoms with van der Waals surface area (Å²) in [6, 6.07) is 0.713. The number of hydrogen-bond donors (Lipinski definition) is 4. The van der Waals surface area contributed by atoms with Gasteiger partial charge in [0.1, 0.15) is 5.75 Å². The van der Waals surface area contributed by atoms with Gasteiger partial charge in [0.25, 0.3) is 0 Å². The minimum Gasteiger partial charge on any atom is -0.507 e. The Bertz CT molecular complexity index is 1340. The Morgan fingerprint density at radius 3 is 2.38 bits per heavy atom. The van der Waals surface area contributed by atoms with Crippen LogP contribution in [0.4, 0.5) is 5.69 Å². The van der Waals surface area contributed by atoms with Crippen LogP contribution in [0, 0.1) is 29.6 Å². The van der Waals surface area contributed by atoms with Crippen molar-refractivity contribution in [2.45, 2.75) is 43.9 Å². The molecule has 1 saturated heterocycles. The van der Waals surface area contributed by atoms with Crippen molar-refractivity contribution in [1.82, 2.24) is 10.2 Å². The molecule has 0 aromatic heterocycles. The van der Waals surface area contributed by atoms with Crippen molar-refractivity contribution in [3.63, 3.8) is 0 Å². The van der Waals surface area contributed by atoms with Crippen LogP contribution in [-0.4, -0.2) is 104 Å². The van der Waals surface area contributed by atoms with Gasteiger partial charge in [-0.05, 0) is 69.8 Å². The lowest BCUT2D eigenvalue weighted by Gasteiger charge is -2.52. The molecule has 6 atom stereocenters. The molecule has 3 fully saturated rings. The first-order chi connectivity index (χ1) is 19.8. The number of rotatable bonds is 7. The summed E-state index contributed by atoms with van der Waals surface area (Å²) in [6.07, 6.45) is 2.12. The molecule has 1 heterocycles. The summed E-state index contributed by atoms with van der Waals surface area (Å²) in [5.41, 5.74) is 4.47. The summed E-state index contributed by atoms with van der Waals surface area (Å²) in [5, 5.41) is 26.5. The molecule has 2 saturated carbocycles. The van der Waals surface area contributed by atoms with Gasteiger partial charge in [-0.25, -0.2) is 0 Å². The van der Waals surface area contributed by atoms with Gasteiger partial charge in [0.05, 0.1) is 17.5 Å². The number of aromatic hydroxyl groups is 1. The zero-order chi connectivity index (χ0) is 30.7. The molecule has 12 nitrogen and oxygen atoms in total. The lowest BCUT2D eigenvalue weighted by atomic mass is 9.52. The van der Waals surface area contributed by atoms with Gasteiger partial charge >= 0.3 is 0 Å². The number of primary amides is 1. The number of likely N-dealkylation sites (N-methyl/N-ethyl adjacent to an activating group) is 1. The number of fused-ring (bicyclic) bond motifs is 3. The molecule has 12 heteroatoms. The van der Waals surface area contributed by atoms with Crippen molar-refractivity contribution >= 4 is 34.7 Å². The van der Waals surface area contributed by atoms with Gasteiger partial charge in [-0.2, -0.15) is 0 Å². The molecule has 42 heavy (non-hydrogen) atoms. The number of phenols is 1. The van der Waals surface area contributed by atoms with Crippen LogP contribution in [0.3, 0.4) is 0 Å². The maximum atomic E-state index is 14.1. The van der Waals surface area contributed by atoms with Gasteiger partial charge < -0.3 is 30.9 Å². The standard InChI is InChI=1S/C30H40N4O8/c1-33(2)19-11-16(13-32-12-14-5-7-42-8-6-14)24(35)21-17(19)9-15-10-18-23(34(3)4)26(37)22(29(31)40)28(39)30(18,41)27(38)20(15)25(21)36/h11,14-15,18,20,22-23,32,35,41H,5-10,12-13H2,1-4H3,(H2,31,40)/t15-,18-,20?,22?,23-,30-/m0/s1. The second kappa shape index (κ2) is 11.1. The number of nitrogens with one attached hydrogen (secondary N) is 1. The normalized spacial score (nSPS) is 31.5. The van der Waals surface area contributed by atoms with Crippen LogP contribution in [-0.2, 0) is 36.9 Å². The number of nitrogens with zero attached hydrogens (tertiary/aromatic N) is 2. The predicted molar refractivity (Wildman–Crippen MR) is 151 cm³/mol. The van der Waals surface area contributed by atoms with Gasteiger partial charge in [-0.15, -0.1) is 0 Å². The molecule has 1 aliphatic heterocycles. The van der Waals surface area contributed by atoms with Crippen LogP contribution in [0.15, 0.2) is 6.07 Å². The van der Waals surface area contributed by atoms with Crippen molar-refractivity contribution in [2.75, 3.05) is 52.8 Å². The molecule has 1 aromatic rings. The molecule has 0 bridgehead atoms. The fourth-order valence-corrected chi connectivity index (χ4v) is 7.60. The van der Waals surface area contributed by atoms with Crippen LogP contribution >= 0.6 is 0 Å². The minimum atomic E-state index is -2.74. The Kier molecular flexibility index (Phi) is 8.03. The van der Waals surface area contributed by atoms with Crippen molar-refractivity contribution in [1.29, 1.82) is 0 Å². The van der Waals surface area contributed by atoms with Crippen LogP contribution in [0.2, 0.25) is 0 Å². The molecule has 0 spiro atoms. The third-order valence-electron chi connectivity index (χ3n) is 9.69. The van der Waals surface area contributed by atoms with E-state index < -0.39 is 64.4 Å². The first-order valence-corrected chi connectivity index (χ1v) is 14.5. The minimum absolute atomic E-state index is 0.00987. The number of ether oxygens (including phenoxy) is 1. The maximum Gasteiger partial charge on any atom is 0.235 e. The fourth-order valence-electron chi connectivity index (χ4n) is 7.60. The molecule has 0 radical (unpaired) electrons. The van der Waals surface area contributed by atoms with Gasteiger partial charge in [-0.3, -0.25) is 28.9 Å². The summed E-state index contributed by atoms with van der Waals surface area (Å²) in [5.74, 6) is -9.96. The molecule has 2 unspecified atom stereocenters. The number of amides is 1. The monoisotopic (exact) mass is 584 g/mol. The number of ketones is 4. The average Bonchev–Trinajstić information content (AvgIpc) is 2.92. The van der Waals surface area contributed by atoms with Crippen molar-refractivity contribution in [3.8, 4) is 5.75 Å². The summed E-state index contributed by atoms with van der Waals surface area (Å²) in [7, 11) is 6.79. The highest BCUT2D eigenvalue weighted by Gasteiger charge is 2.69. The van der Waals surface area contributed by atoms with Crippen molar-refractivity contribution in [3.05, 3.63) is 22.8 Å². The SMILES string of the molecule is CN(C)c1cc(CNCC2CCOCC2)c(O)c2c1C[C@H]1C[C@H]3[C@H](N(C)C)C(=O)C(C(N)=O)C(=O)[C@@]3(O)C(=O)C1C2=O. The second-order valence-electron chi connectivity index (χ2n) is 12.6. The Balaban J connectivity index is 1.53. The molecule has 5 N–H and O–H groups in total. The number of nitrogens with two attached hydrogens (primary N) is 1. The number of carbonyl (C=O) groups excluding carboxylic acids is 5. The molecular weight excluding hydrogens is 544 g/mol. The highest BCUT2D eigenvalue weighted by atomic mass is 16.5. The summed E-state index contributed by atoms with van der Waals surface area (Å²) >= 11 is 0. The third-order valence-corrected chi connectivity index (χ3v) is 9.69. The molecule has 5 rings (SSSR count). The van der Waals surface area contributed by atoms with E-state index in [2.05, 4.69) is 5.32 Å². The smallest absolute Gasteiger partial charge is 0.235 e. The Hall–Kier alpha value is -3.19. The molecule has 1 amide bonds. The molecule has 3 aliphatic carbocycles. The Labute approximate surface area is 244 Å². The third kappa shape index (κ3) is 4.64. The van der Waals surface area contributed by atoms with E-state index in [1.54, 1.807) is 14.1 Å². The van der Waals surface area contributed by atoms with E-state index >= 15 is 0 Å². The largest absolute Gasteiger partial charge is 0.507 e. The lowest BCUT2D eigenvalue weighted by Crippen LogP contribution is -2.74. The number of carbonyl (C=O) groups is 5. The van der Waals surface area contributed by atoms with E-state index in [0.717, 1.165) is 25.1 Å². The number of anilines is 1. The number of Topliss-reactive ketones (excluding diaryl/α,β-unsaturated/α-hetero) is 4. The van der Waals surface area contributed by atoms with Crippen LogP contribution in [0.5, 0.6) is 5.75 Å². The van der Waals surface area contributed by atoms with E-state index in [9.17, 15) is 34.2 Å². The fraction of sp³-hybridized carbons (Fsp3) is 0.633. The average molecular weight is 585 g/mol. The van der Waals surface area contributed by atoms with E-state index in [1.807, 2.05) is 25.1 Å². The van der Waals surface area contributed by atoms with E-state index in [-0.39, 0.29) is 24.2 Å². The molecule has 228 valence electrons. The molecule has 1 aromatic carbocycles. The van der Waals surface area contributed by atoms with Gasteiger partial charge in [0.15, 0.2) is 34.7 Å². The van der Waals surface area contributed by atoms with Crippen LogP contribution < -0.4 is 16.0 Å². The van der Waals surface area contributed by atoms with Gasteiger partial charge in [-0.1, -0.05) is 0 Å². The predicted octanol–water partition coefficient (Wildman–Crippen LogP) is -0.551. The number of benzene rings is 1. The highest BCUT2D eigenvalue weighted by molar-refractivity contribution is 6.32. The van der Waals surface area contributed by atoms with Gasteiger partial charge in [0, 0.05) is 51.0 Å². The van der Waals surface area contributed by atoms with Gasteiger partial charge in [0.2, 0.25) is 5.91 Å². The lowest BCUT2D eigenvalue weighted by molar-refractivity contribution is -0.181. The second-order valence-corrected chi connectivity index (χ2v) is 12.6. The van der Waals surface area contributed by atoms with E-state index in [0.29, 0.717) is 36.8 Å². The van der Waals surface area contributed by atoms with Crippen LogP contribution in [0.25, 0.3) is 0 Å². The van der Waals surface area contributed by atoms with Crippen LogP contribution in [0.1, 0.15) is 40.7 Å². The van der Waals surface area contributed by atoms with E-state index in [1.165, 1.54) is 4.90 Å². The first kappa shape index (κ1) is 30.3.